The van der Waals surface area contributed by atoms with E-state index in [1.165, 1.54) is 6.07 Å². The van der Waals surface area contributed by atoms with Crippen LogP contribution in [0.2, 0.25) is 0 Å². The van der Waals surface area contributed by atoms with Gasteiger partial charge in [0.1, 0.15) is 17.5 Å². The van der Waals surface area contributed by atoms with Crippen LogP contribution in [0.15, 0.2) is 42.5 Å². The molecule has 1 fully saturated rings. The third-order valence-corrected chi connectivity index (χ3v) is 5.32. The number of halogens is 3. The summed E-state index contributed by atoms with van der Waals surface area (Å²) < 4.78 is 40.4. The van der Waals surface area contributed by atoms with Crippen LogP contribution >= 0.6 is 0 Å². The van der Waals surface area contributed by atoms with Crippen LogP contribution in [-0.2, 0) is 11.3 Å². The topological polar surface area (TPSA) is 52.7 Å². The summed E-state index contributed by atoms with van der Waals surface area (Å²) in [5.74, 6) is -2.52. The predicted octanol–water partition coefficient (Wildman–Crippen LogP) is 3.35. The molecule has 1 aliphatic rings. The number of hydrogen-bond acceptors (Lipinski definition) is 3. The van der Waals surface area contributed by atoms with Gasteiger partial charge in [-0.15, -0.1) is 0 Å². The SMILES string of the molecule is O=C(NCCCC(=O)N1CCCN(Cc2ccccc2F)CC1)c1ccc(F)cc1F. The molecule has 0 saturated carbocycles. The molecule has 2 aromatic rings. The van der Waals surface area contributed by atoms with E-state index in [9.17, 15) is 22.8 Å². The Bertz CT molecular complexity index is 923. The van der Waals surface area contributed by atoms with Gasteiger partial charge >= 0.3 is 0 Å². The second kappa shape index (κ2) is 10.9. The number of amides is 2. The van der Waals surface area contributed by atoms with Crippen LogP contribution < -0.4 is 5.32 Å². The van der Waals surface area contributed by atoms with Crippen molar-refractivity contribution in [3.8, 4) is 0 Å². The van der Waals surface area contributed by atoms with Gasteiger partial charge in [-0.05, 0) is 31.0 Å². The van der Waals surface area contributed by atoms with Crippen LogP contribution in [0.25, 0.3) is 0 Å². The lowest BCUT2D eigenvalue weighted by Gasteiger charge is -2.22. The van der Waals surface area contributed by atoms with Crippen molar-refractivity contribution >= 4 is 11.8 Å². The average Bonchev–Trinajstić information content (AvgIpc) is 2.98. The molecular formula is C23H26F3N3O2. The molecule has 166 valence electrons. The van der Waals surface area contributed by atoms with Crippen molar-refractivity contribution in [1.29, 1.82) is 0 Å². The lowest BCUT2D eigenvalue weighted by Crippen LogP contribution is -2.35. The van der Waals surface area contributed by atoms with Crippen LogP contribution in [-0.4, -0.2) is 54.3 Å². The average molecular weight is 433 g/mol. The number of carbonyl (C=O) groups excluding carboxylic acids is 2. The van der Waals surface area contributed by atoms with Crippen LogP contribution in [0.4, 0.5) is 13.2 Å². The second-order valence-electron chi connectivity index (χ2n) is 7.59. The molecule has 0 atom stereocenters. The van der Waals surface area contributed by atoms with E-state index in [2.05, 4.69) is 10.2 Å². The van der Waals surface area contributed by atoms with Gasteiger partial charge in [-0.1, -0.05) is 18.2 Å². The summed E-state index contributed by atoms with van der Waals surface area (Å²) in [6, 6.07) is 9.48. The Hall–Kier alpha value is -2.87. The minimum absolute atomic E-state index is 0.00467. The van der Waals surface area contributed by atoms with Crippen LogP contribution in [0, 0.1) is 17.5 Å². The molecular weight excluding hydrogens is 407 g/mol. The molecule has 5 nitrogen and oxygen atoms in total. The maximum atomic E-state index is 13.9. The highest BCUT2D eigenvalue weighted by atomic mass is 19.1. The van der Waals surface area contributed by atoms with Gasteiger partial charge in [0.15, 0.2) is 0 Å². The minimum atomic E-state index is -0.918. The van der Waals surface area contributed by atoms with E-state index < -0.39 is 17.5 Å². The van der Waals surface area contributed by atoms with Gasteiger partial charge < -0.3 is 10.2 Å². The van der Waals surface area contributed by atoms with Gasteiger partial charge in [0.05, 0.1) is 5.56 Å². The maximum Gasteiger partial charge on any atom is 0.254 e. The van der Waals surface area contributed by atoms with Gasteiger partial charge in [0.25, 0.3) is 5.91 Å². The van der Waals surface area contributed by atoms with Crippen molar-refractivity contribution < 1.29 is 22.8 Å². The maximum absolute atomic E-state index is 13.9. The molecule has 2 amide bonds. The van der Waals surface area contributed by atoms with Gasteiger partial charge in [-0.25, -0.2) is 13.2 Å². The fourth-order valence-corrected chi connectivity index (χ4v) is 3.61. The highest BCUT2D eigenvalue weighted by Crippen LogP contribution is 2.13. The number of nitrogens with one attached hydrogen (secondary N) is 1. The van der Waals surface area contributed by atoms with Gasteiger partial charge in [-0.2, -0.15) is 0 Å². The van der Waals surface area contributed by atoms with E-state index in [-0.39, 0.29) is 30.3 Å². The minimum Gasteiger partial charge on any atom is -0.352 e. The van der Waals surface area contributed by atoms with E-state index >= 15 is 0 Å². The molecule has 31 heavy (non-hydrogen) atoms. The number of nitrogens with zero attached hydrogens (tertiary/aromatic N) is 2. The van der Waals surface area contributed by atoms with Gasteiger partial charge in [0.2, 0.25) is 5.91 Å². The van der Waals surface area contributed by atoms with Gasteiger partial charge in [0, 0.05) is 57.3 Å². The Morgan fingerprint density at radius 1 is 0.935 bits per heavy atom. The monoisotopic (exact) mass is 433 g/mol. The fourth-order valence-electron chi connectivity index (χ4n) is 3.61. The highest BCUT2D eigenvalue weighted by Gasteiger charge is 2.20. The van der Waals surface area contributed by atoms with Crippen molar-refractivity contribution in [3.63, 3.8) is 0 Å². The molecule has 8 heteroatoms. The number of carbonyl (C=O) groups is 2. The summed E-state index contributed by atoms with van der Waals surface area (Å²) in [5, 5.41) is 2.55. The van der Waals surface area contributed by atoms with Crippen molar-refractivity contribution in [2.24, 2.45) is 0 Å². The first-order valence-corrected chi connectivity index (χ1v) is 10.4. The Morgan fingerprint density at radius 2 is 1.74 bits per heavy atom. The molecule has 0 aliphatic carbocycles. The molecule has 0 radical (unpaired) electrons. The van der Waals surface area contributed by atoms with Gasteiger partial charge in [-0.3, -0.25) is 14.5 Å². The number of hydrogen-bond donors (Lipinski definition) is 1. The van der Waals surface area contributed by atoms with Crippen molar-refractivity contribution in [3.05, 3.63) is 71.0 Å². The third-order valence-electron chi connectivity index (χ3n) is 5.32. The largest absolute Gasteiger partial charge is 0.352 e. The van der Waals surface area contributed by atoms with Crippen LogP contribution in [0.5, 0.6) is 0 Å². The number of benzene rings is 2. The summed E-state index contributed by atoms with van der Waals surface area (Å²) in [6.07, 6.45) is 1.49. The molecule has 2 aromatic carbocycles. The van der Waals surface area contributed by atoms with Crippen LogP contribution in [0.3, 0.4) is 0 Å². The van der Waals surface area contributed by atoms with Crippen LogP contribution in [0.1, 0.15) is 35.2 Å². The summed E-state index contributed by atoms with van der Waals surface area (Å²) >= 11 is 0. The first kappa shape index (κ1) is 22.8. The Kier molecular flexibility index (Phi) is 8.06. The van der Waals surface area contributed by atoms with E-state index in [4.69, 9.17) is 0 Å². The predicted molar refractivity (Wildman–Crippen MR) is 111 cm³/mol. The molecule has 1 N–H and O–H groups in total. The highest BCUT2D eigenvalue weighted by molar-refractivity contribution is 5.94. The molecule has 1 heterocycles. The normalized spacial score (nSPS) is 14.9. The molecule has 1 saturated heterocycles. The molecule has 3 rings (SSSR count). The smallest absolute Gasteiger partial charge is 0.254 e. The first-order valence-electron chi connectivity index (χ1n) is 10.4. The fraction of sp³-hybridized carbons (Fsp3) is 0.391. The lowest BCUT2D eigenvalue weighted by molar-refractivity contribution is -0.131. The zero-order valence-corrected chi connectivity index (χ0v) is 17.3. The Labute approximate surface area is 179 Å². The molecule has 0 bridgehead atoms. The van der Waals surface area contributed by atoms with Crippen molar-refractivity contribution in [2.45, 2.75) is 25.8 Å². The zero-order valence-electron chi connectivity index (χ0n) is 17.3. The van der Waals surface area contributed by atoms with E-state index in [1.54, 1.807) is 17.0 Å². The summed E-state index contributed by atoms with van der Waals surface area (Å²) in [7, 11) is 0. The van der Waals surface area contributed by atoms with Crippen molar-refractivity contribution in [1.82, 2.24) is 15.1 Å². The zero-order chi connectivity index (χ0) is 22.2. The molecule has 1 aliphatic heterocycles. The lowest BCUT2D eigenvalue weighted by atomic mass is 10.2. The summed E-state index contributed by atoms with van der Waals surface area (Å²) in [4.78, 5) is 28.4. The van der Waals surface area contributed by atoms with E-state index in [1.807, 2.05) is 6.07 Å². The molecule has 0 aromatic heterocycles. The first-order chi connectivity index (χ1) is 14.9. The summed E-state index contributed by atoms with van der Waals surface area (Å²) in [5.41, 5.74) is 0.422. The van der Waals surface area contributed by atoms with Crippen molar-refractivity contribution in [2.75, 3.05) is 32.7 Å². The number of rotatable bonds is 7. The molecule has 0 unspecified atom stereocenters. The third kappa shape index (κ3) is 6.55. The molecule has 0 spiro atoms. The Balaban J connectivity index is 1.39. The quantitative estimate of drug-likeness (QED) is 0.682. The second-order valence-corrected chi connectivity index (χ2v) is 7.59. The van der Waals surface area contributed by atoms with E-state index in [0.29, 0.717) is 44.2 Å². The van der Waals surface area contributed by atoms with E-state index in [0.717, 1.165) is 25.1 Å². The summed E-state index contributed by atoms with van der Waals surface area (Å²) in [6.45, 7) is 3.40. The Morgan fingerprint density at radius 3 is 2.52 bits per heavy atom. The standard InChI is InChI=1S/C23H26F3N3O2/c24-18-8-9-19(21(26)15-18)23(31)27-10-3-7-22(30)29-12-4-11-28(13-14-29)16-17-5-1-2-6-20(17)25/h1-2,5-6,8-9,15H,3-4,7,10-14,16H2,(H,27,31).